The number of halogens is 1. The number of hydrogen-bond acceptors (Lipinski definition) is 4. The minimum Gasteiger partial charge on any atom is -0.497 e. The van der Waals surface area contributed by atoms with Crippen LogP contribution in [0, 0.1) is 0 Å². The zero-order valence-corrected chi connectivity index (χ0v) is 16.5. The van der Waals surface area contributed by atoms with Crippen LogP contribution in [0.2, 0.25) is 0 Å². The maximum absolute atomic E-state index is 13.2. The Morgan fingerprint density at radius 1 is 1.12 bits per heavy atom. The maximum atomic E-state index is 13.2. The van der Waals surface area contributed by atoms with Crippen molar-refractivity contribution in [3.63, 3.8) is 0 Å². The number of sulfonamides is 1. The first kappa shape index (κ1) is 18.2. The fourth-order valence-corrected chi connectivity index (χ4v) is 4.97. The zero-order valence-electron chi connectivity index (χ0n) is 14.1. The summed E-state index contributed by atoms with van der Waals surface area (Å²) in [5.74, 6) is 1.32. The van der Waals surface area contributed by atoms with E-state index >= 15 is 0 Å². The summed E-state index contributed by atoms with van der Waals surface area (Å²) >= 11 is 3.35. The van der Waals surface area contributed by atoms with Crippen molar-refractivity contribution in [2.75, 3.05) is 14.2 Å². The Kier molecular flexibility index (Phi) is 5.36. The molecule has 7 heteroatoms. The minimum atomic E-state index is -3.60. The molecule has 0 unspecified atom stereocenters. The van der Waals surface area contributed by atoms with Gasteiger partial charge in [0.15, 0.2) is 0 Å². The standard InChI is InChI=1S/C18H20BrNO4S/c1-23-16-8-9-18(24-2)13(10-16)12-20(15-6-7-15)25(21,22)17-5-3-4-14(19)11-17/h3-5,8-11,15H,6-7,12H2,1-2H3. The third kappa shape index (κ3) is 3.99. The quantitative estimate of drug-likeness (QED) is 0.676. The van der Waals surface area contributed by atoms with E-state index in [1.807, 2.05) is 12.1 Å². The summed E-state index contributed by atoms with van der Waals surface area (Å²) in [6.07, 6.45) is 1.75. The normalized spacial score (nSPS) is 14.6. The van der Waals surface area contributed by atoms with Crippen molar-refractivity contribution in [1.82, 2.24) is 4.31 Å². The molecule has 2 aromatic carbocycles. The molecule has 0 heterocycles. The van der Waals surface area contributed by atoms with Crippen molar-refractivity contribution in [3.8, 4) is 11.5 Å². The van der Waals surface area contributed by atoms with E-state index in [1.54, 1.807) is 48.9 Å². The topological polar surface area (TPSA) is 55.8 Å². The smallest absolute Gasteiger partial charge is 0.243 e. The fraction of sp³-hybridized carbons (Fsp3) is 0.333. The third-order valence-electron chi connectivity index (χ3n) is 4.17. The first-order valence-corrected chi connectivity index (χ1v) is 10.2. The SMILES string of the molecule is COc1ccc(OC)c(CN(C2CC2)S(=O)(=O)c2cccc(Br)c2)c1. The van der Waals surface area contributed by atoms with Crippen LogP contribution in [0.3, 0.4) is 0 Å². The van der Waals surface area contributed by atoms with Crippen LogP contribution in [0.4, 0.5) is 0 Å². The van der Waals surface area contributed by atoms with E-state index < -0.39 is 10.0 Å². The summed E-state index contributed by atoms with van der Waals surface area (Å²) in [7, 11) is -0.431. The van der Waals surface area contributed by atoms with Gasteiger partial charge in [0.1, 0.15) is 11.5 Å². The van der Waals surface area contributed by atoms with Gasteiger partial charge in [-0.1, -0.05) is 22.0 Å². The van der Waals surface area contributed by atoms with E-state index in [0.717, 1.165) is 22.9 Å². The van der Waals surface area contributed by atoms with Gasteiger partial charge in [-0.25, -0.2) is 8.42 Å². The van der Waals surface area contributed by atoms with E-state index in [4.69, 9.17) is 9.47 Å². The van der Waals surface area contributed by atoms with E-state index in [2.05, 4.69) is 15.9 Å². The number of ether oxygens (including phenoxy) is 2. The van der Waals surface area contributed by atoms with Crippen molar-refractivity contribution < 1.29 is 17.9 Å². The van der Waals surface area contributed by atoms with Crippen LogP contribution in [-0.4, -0.2) is 33.0 Å². The number of hydrogen-bond donors (Lipinski definition) is 0. The molecule has 0 aliphatic heterocycles. The highest BCUT2D eigenvalue weighted by Crippen LogP contribution is 2.36. The van der Waals surface area contributed by atoms with Gasteiger partial charge in [0, 0.05) is 22.6 Å². The van der Waals surface area contributed by atoms with Gasteiger partial charge < -0.3 is 9.47 Å². The van der Waals surface area contributed by atoms with Crippen LogP contribution >= 0.6 is 15.9 Å². The van der Waals surface area contributed by atoms with Crippen LogP contribution in [0.15, 0.2) is 51.8 Å². The van der Waals surface area contributed by atoms with Gasteiger partial charge in [-0.05, 0) is 49.2 Å². The van der Waals surface area contributed by atoms with Gasteiger partial charge in [0.25, 0.3) is 0 Å². The van der Waals surface area contributed by atoms with Crippen molar-refractivity contribution in [2.45, 2.75) is 30.3 Å². The summed E-state index contributed by atoms with van der Waals surface area (Å²) in [6, 6.07) is 12.2. The van der Waals surface area contributed by atoms with E-state index in [9.17, 15) is 8.42 Å². The molecule has 0 amide bonds. The molecule has 25 heavy (non-hydrogen) atoms. The molecule has 0 atom stereocenters. The maximum Gasteiger partial charge on any atom is 0.243 e. The van der Waals surface area contributed by atoms with Crippen LogP contribution < -0.4 is 9.47 Å². The van der Waals surface area contributed by atoms with Gasteiger partial charge in [0.2, 0.25) is 10.0 Å². The molecule has 1 aliphatic rings. The van der Waals surface area contributed by atoms with E-state index in [-0.39, 0.29) is 17.5 Å². The highest BCUT2D eigenvalue weighted by molar-refractivity contribution is 9.10. The van der Waals surface area contributed by atoms with Gasteiger partial charge in [0.05, 0.1) is 19.1 Å². The van der Waals surface area contributed by atoms with Gasteiger partial charge in [-0.2, -0.15) is 4.31 Å². The highest BCUT2D eigenvalue weighted by atomic mass is 79.9. The highest BCUT2D eigenvalue weighted by Gasteiger charge is 2.38. The number of nitrogens with zero attached hydrogens (tertiary/aromatic N) is 1. The van der Waals surface area contributed by atoms with Crippen molar-refractivity contribution in [3.05, 3.63) is 52.5 Å². The molecule has 0 radical (unpaired) electrons. The lowest BCUT2D eigenvalue weighted by atomic mass is 10.2. The molecule has 1 aliphatic carbocycles. The van der Waals surface area contributed by atoms with E-state index in [1.165, 1.54) is 0 Å². The first-order chi connectivity index (χ1) is 12.0. The van der Waals surface area contributed by atoms with Crippen LogP contribution in [0.25, 0.3) is 0 Å². The van der Waals surface area contributed by atoms with Gasteiger partial charge in [-0.15, -0.1) is 0 Å². The Labute approximate surface area is 156 Å². The monoisotopic (exact) mass is 425 g/mol. The lowest BCUT2D eigenvalue weighted by molar-refractivity contribution is 0.369. The Hall–Kier alpha value is -1.57. The molecule has 0 bridgehead atoms. The lowest BCUT2D eigenvalue weighted by Gasteiger charge is -2.23. The van der Waals surface area contributed by atoms with Gasteiger partial charge in [-0.3, -0.25) is 0 Å². The second kappa shape index (κ2) is 7.35. The Morgan fingerprint density at radius 3 is 2.48 bits per heavy atom. The third-order valence-corrected chi connectivity index (χ3v) is 6.56. The molecule has 0 spiro atoms. The number of rotatable bonds is 7. The molecule has 1 saturated carbocycles. The van der Waals surface area contributed by atoms with E-state index in [0.29, 0.717) is 11.5 Å². The molecule has 3 rings (SSSR count). The Balaban J connectivity index is 1.98. The first-order valence-electron chi connectivity index (χ1n) is 7.94. The Bertz CT molecular complexity index is 865. The molecular formula is C18H20BrNO4S. The average Bonchev–Trinajstić information content (AvgIpc) is 3.44. The Morgan fingerprint density at radius 2 is 1.88 bits per heavy atom. The molecule has 134 valence electrons. The second-order valence-corrected chi connectivity index (χ2v) is 8.72. The average molecular weight is 426 g/mol. The minimum absolute atomic E-state index is 0.0277. The summed E-state index contributed by atoms with van der Waals surface area (Å²) in [6.45, 7) is 0.250. The summed E-state index contributed by atoms with van der Waals surface area (Å²) in [4.78, 5) is 0.288. The lowest BCUT2D eigenvalue weighted by Crippen LogP contribution is -2.32. The summed E-state index contributed by atoms with van der Waals surface area (Å²) < 4.78 is 39.3. The molecule has 0 aromatic heterocycles. The second-order valence-electron chi connectivity index (χ2n) is 5.92. The van der Waals surface area contributed by atoms with Crippen LogP contribution in [0.1, 0.15) is 18.4 Å². The molecule has 5 nitrogen and oxygen atoms in total. The van der Waals surface area contributed by atoms with Gasteiger partial charge >= 0.3 is 0 Å². The molecule has 0 saturated heterocycles. The molecular weight excluding hydrogens is 406 g/mol. The van der Waals surface area contributed by atoms with Crippen LogP contribution in [-0.2, 0) is 16.6 Å². The summed E-state index contributed by atoms with van der Waals surface area (Å²) in [5, 5.41) is 0. The largest absolute Gasteiger partial charge is 0.497 e. The van der Waals surface area contributed by atoms with Crippen molar-refractivity contribution in [2.24, 2.45) is 0 Å². The predicted molar refractivity (Wildman–Crippen MR) is 99.4 cm³/mol. The number of methoxy groups -OCH3 is 2. The molecule has 1 fully saturated rings. The summed E-state index contributed by atoms with van der Waals surface area (Å²) in [5.41, 5.74) is 0.785. The van der Waals surface area contributed by atoms with Crippen LogP contribution in [0.5, 0.6) is 11.5 Å². The fourth-order valence-electron chi connectivity index (χ4n) is 2.71. The van der Waals surface area contributed by atoms with Crippen molar-refractivity contribution in [1.29, 1.82) is 0 Å². The predicted octanol–water partition coefficient (Wildman–Crippen LogP) is 3.82. The zero-order chi connectivity index (χ0) is 18.0. The molecule has 0 N–H and O–H groups in total. The van der Waals surface area contributed by atoms with Crippen molar-refractivity contribution >= 4 is 26.0 Å². The number of benzene rings is 2. The molecule has 2 aromatic rings.